The van der Waals surface area contributed by atoms with Gasteiger partial charge in [-0.05, 0) is 12.1 Å². The van der Waals surface area contributed by atoms with Crippen molar-refractivity contribution in [2.45, 2.75) is 6.92 Å². The molecule has 0 aromatic carbocycles. The van der Waals surface area contributed by atoms with Crippen molar-refractivity contribution in [3.05, 3.63) is 22.2 Å². The first-order valence-corrected chi connectivity index (χ1v) is 3.02. The maximum Gasteiger partial charge on any atom is 0.253 e. The lowest BCUT2D eigenvalue weighted by Gasteiger charge is -2.15. The fourth-order valence-electron chi connectivity index (χ4n) is 0.729. The SMILES string of the molecule is CC1=CN(N=[N+]=[N-])CNC1=O. The van der Waals surface area contributed by atoms with Crippen LogP contribution in [0.5, 0.6) is 0 Å². The molecule has 0 atom stereocenters. The second kappa shape index (κ2) is 2.94. The zero-order chi connectivity index (χ0) is 8.27. The van der Waals surface area contributed by atoms with Gasteiger partial charge >= 0.3 is 0 Å². The summed E-state index contributed by atoms with van der Waals surface area (Å²) in [5.74, 6) is -0.130. The number of azide groups is 1. The Labute approximate surface area is 63.1 Å². The van der Waals surface area contributed by atoms with Gasteiger partial charge in [0.1, 0.15) is 6.20 Å². The largest absolute Gasteiger partial charge is 0.316 e. The summed E-state index contributed by atoms with van der Waals surface area (Å²) < 4.78 is 0. The number of hydrogen-bond acceptors (Lipinski definition) is 2. The highest BCUT2D eigenvalue weighted by Gasteiger charge is 2.14. The second-order valence-corrected chi connectivity index (χ2v) is 2.09. The van der Waals surface area contributed by atoms with Gasteiger partial charge in [0, 0.05) is 0 Å². The second-order valence-electron chi connectivity index (χ2n) is 2.09. The first-order chi connectivity index (χ1) is 5.24. The first-order valence-electron chi connectivity index (χ1n) is 3.02. The summed E-state index contributed by atoms with van der Waals surface area (Å²) in [4.78, 5) is 13.4. The monoisotopic (exact) mass is 153 g/mol. The van der Waals surface area contributed by atoms with Crippen LogP contribution in [0.4, 0.5) is 0 Å². The minimum absolute atomic E-state index is 0.130. The Kier molecular flexibility index (Phi) is 1.98. The van der Waals surface area contributed by atoms with Crippen molar-refractivity contribution in [1.29, 1.82) is 0 Å². The van der Waals surface area contributed by atoms with E-state index in [9.17, 15) is 4.79 Å². The van der Waals surface area contributed by atoms with E-state index in [0.717, 1.165) is 0 Å². The van der Waals surface area contributed by atoms with E-state index < -0.39 is 0 Å². The minimum atomic E-state index is -0.130. The summed E-state index contributed by atoms with van der Waals surface area (Å²) in [7, 11) is 0. The normalized spacial score (nSPS) is 16.6. The van der Waals surface area contributed by atoms with Gasteiger partial charge in [-0.15, -0.1) is 5.53 Å². The smallest absolute Gasteiger partial charge is 0.253 e. The molecule has 0 unspecified atom stereocenters. The summed E-state index contributed by atoms with van der Waals surface area (Å²) in [6.07, 6.45) is 1.50. The van der Waals surface area contributed by atoms with E-state index in [0.29, 0.717) is 5.57 Å². The summed E-state index contributed by atoms with van der Waals surface area (Å²) in [5.41, 5.74) is 8.58. The number of carbonyl (C=O) groups excluding carboxylic acids is 1. The van der Waals surface area contributed by atoms with Crippen LogP contribution in [0.15, 0.2) is 17.0 Å². The van der Waals surface area contributed by atoms with Gasteiger partial charge in [0.15, 0.2) is 6.67 Å². The topological polar surface area (TPSA) is 81.1 Å². The Morgan fingerprint density at radius 2 is 2.64 bits per heavy atom. The molecule has 1 heterocycles. The van der Waals surface area contributed by atoms with Gasteiger partial charge in [0.05, 0.1) is 5.57 Å². The van der Waals surface area contributed by atoms with Crippen LogP contribution in [-0.4, -0.2) is 17.6 Å². The lowest BCUT2D eigenvalue weighted by Crippen LogP contribution is -2.37. The maximum atomic E-state index is 10.8. The average molecular weight is 153 g/mol. The first kappa shape index (κ1) is 7.43. The molecule has 0 aliphatic carbocycles. The van der Waals surface area contributed by atoms with Gasteiger partial charge in [-0.1, -0.05) is 0 Å². The summed E-state index contributed by atoms with van der Waals surface area (Å²) in [6.45, 7) is 1.88. The maximum absolute atomic E-state index is 10.8. The van der Waals surface area contributed by atoms with Crippen LogP contribution in [0, 0.1) is 0 Å². The molecular formula is C5H7N5O. The number of nitrogens with one attached hydrogen (secondary N) is 1. The Balaban J connectivity index is 2.76. The molecule has 0 bridgehead atoms. The van der Waals surface area contributed by atoms with Crippen molar-refractivity contribution in [2.24, 2.45) is 5.22 Å². The quantitative estimate of drug-likeness (QED) is 0.338. The lowest BCUT2D eigenvalue weighted by molar-refractivity contribution is -0.118. The van der Waals surface area contributed by atoms with Gasteiger partial charge in [0.2, 0.25) is 0 Å². The van der Waals surface area contributed by atoms with Crippen molar-refractivity contribution < 1.29 is 4.79 Å². The van der Waals surface area contributed by atoms with Gasteiger partial charge < -0.3 is 5.32 Å². The molecule has 0 saturated heterocycles. The van der Waals surface area contributed by atoms with Crippen molar-refractivity contribution in [1.82, 2.24) is 10.3 Å². The molecule has 1 amide bonds. The van der Waals surface area contributed by atoms with Crippen molar-refractivity contribution in [3.8, 4) is 0 Å². The van der Waals surface area contributed by atoms with E-state index >= 15 is 0 Å². The molecular weight excluding hydrogens is 146 g/mol. The molecule has 58 valence electrons. The zero-order valence-electron chi connectivity index (χ0n) is 5.98. The van der Waals surface area contributed by atoms with E-state index in [2.05, 4.69) is 15.5 Å². The molecule has 6 heteroatoms. The van der Waals surface area contributed by atoms with E-state index in [-0.39, 0.29) is 12.6 Å². The molecule has 11 heavy (non-hydrogen) atoms. The average Bonchev–Trinajstić information content (AvgIpc) is 1.98. The molecule has 0 radical (unpaired) electrons. The van der Waals surface area contributed by atoms with Crippen LogP contribution in [-0.2, 0) is 4.79 Å². The van der Waals surface area contributed by atoms with Crippen molar-refractivity contribution in [3.63, 3.8) is 0 Å². The highest BCUT2D eigenvalue weighted by molar-refractivity contribution is 5.93. The van der Waals surface area contributed by atoms with Gasteiger partial charge in [-0.2, -0.15) is 4.91 Å². The third kappa shape index (κ3) is 1.62. The van der Waals surface area contributed by atoms with Crippen LogP contribution < -0.4 is 5.32 Å². The van der Waals surface area contributed by atoms with Crippen molar-refractivity contribution >= 4 is 5.91 Å². The fraction of sp³-hybridized carbons (Fsp3) is 0.400. The Hall–Kier alpha value is -1.68. The molecule has 6 nitrogen and oxygen atoms in total. The molecule has 0 saturated carbocycles. The van der Waals surface area contributed by atoms with Crippen LogP contribution in [0.2, 0.25) is 0 Å². The van der Waals surface area contributed by atoms with Gasteiger partial charge in [-0.3, -0.25) is 4.79 Å². The summed E-state index contributed by atoms with van der Waals surface area (Å²) in [5, 5.41) is 7.13. The number of amides is 1. The molecule has 0 fully saturated rings. The Bertz CT molecular complexity index is 252. The molecule has 1 aliphatic heterocycles. The van der Waals surface area contributed by atoms with Crippen LogP contribution >= 0.6 is 0 Å². The fourth-order valence-corrected chi connectivity index (χ4v) is 0.729. The molecule has 0 aromatic rings. The van der Waals surface area contributed by atoms with Crippen LogP contribution in [0.25, 0.3) is 10.4 Å². The highest BCUT2D eigenvalue weighted by atomic mass is 16.2. The van der Waals surface area contributed by atoms with E-state index in [1.54, 1.807) is 6.92 Å². The standard InChI is InChI=1S/C5H7N5O/c1-4-2-10(9-8-6)3-7-5(4)11/h2H,3H2,1H3,(H,7,11). The van der Waals surface area contributed by atoms with Crippen LogP contribution in [0.3, 0.4) is 0 Å². The number of nitrogens with zero attached hydrogens (tertiary/aromatic N) is 4. The van der Waals surface area contributed by atoms with Gasteiger partial charge in [-0.25, -0.2) is 5.01 Å². The molecule has 1 N–H and O–H groups in total. The number of hydrogen-bond donors (Lipinski definition) is 1. The molecule has 0 spiro atoms. The molecule has 0 aromatic heterocycles. The summed E-state index contributed by atoms with van der Waals surface area (Å²) >= 11 is 0. The predicted octanol–water partition coefficient (Wildman–Crippen LogP) is 0.505. The Morgan fingerprint density at radius 1 is 1.91 bits per heavy atom. The predicted molar refractivity (Wildman–Crippen MR) is 37.8 cm³/mol. The van der Waals surface area contributed by atoms with Gasteiger partial charge in [0.25, 0.3) is 5.91 Å². The third-order valence-electron chi connectivity index (χ3n) is 1.26. The molecule has 1 aliphatic rings. The van der Waals surface area contributed by atoms with E-state index in [4.69, 9.17) is 5.53 Å². The van der Waals surface area contributed by atoms with Crippen LogP contribution in [0.1, 0.15) is 6.92 Å². The Morgan fingerprint density at radius 3 is 3.18 bits per heavy atom. The molecule has 1 rings (SSSR count). The minimum Gasteiger partial charge on any atom is -0.316 e. The number of rotatable bonds is 1. The lowest BCUT2D eigenvalue weighted by atomic mass is 10.3. The zero-order valence-corrected chi connectivity index (χ0v) is 5.98. The number of carbonyl (C=O) groups is 1. The summed E-state index contributed by atoms with van der Waals surface area (Å²) in [6, 6.07) is 0. The van der Waals surface area contributed by atoms with E-state index in [1.807, 2.05) is 0 Å². The van der Waals surface area contributed by atoms with E-state index in [1.165, 1.54) is 11.2 Å². The highest BCUT2D eigenvalue weighted by Crippen LogP contribution is 2.02. The van der Waals surface area contributed by atoms with Crippen molar-refractivity contribution in [2.75, 3.05) is 6.67 Å². The third-order valence-corrected chi connectivity index (χ3v) is 1.26.